The van der Waals surface area contributed by atoms with Crippen molar-refractivity contribution in [3.8, 4) is 0 Å². The number of hydrogen-bond acceptors (Lipinski definition) is 6. The molecule has 3 N–H and O–H groups in total. The van der Waals surface area contributed by atoms with Gasteiger partial charge in [-0.1, -0.05) is 5.16 Å². The van der Waals surface area contributed by atoms with E-state index >= 15 is 0 Å². The van der Waals surface area contributed by atoms with E-state index in [4.69, 9.17) is 10.3 Å². The van der Waals surface area contributed by atoms with Crippen LogP contribution in [-0.4, -0.2) is 43.5 Å². The fraction of sp³-hybridized carbons (Fsp3) is 0.600. The molecule has 1 atom stereocenters. The molecule has 1 aromatic rings. The Morgan fingerprint density at radius 3 is 2.74 bits per heavy atom. The molecule has 9 heteroatoms. The van der Waals surface area contributed by atoms with Crippen molar-refractivity contribution in [3.63, 3.8) is 0 Å². The van der Waals surface area contributed by atoms with Crippen LogP contribution < -0.4 is 10.5 Å². The Morgan fingerprint density at radius 2 is 2.26 bits per heavy atom. The highest BCUT2D eigenvalue weighted by molar-refractivity contribution is 7.89. The second-order valence-corrected chi connectivity index (χ2v) is 6.18. The molecule has 0 aromatic carbocycles. The zero-order valence-corrected chi connectivity index (χ0v) is 11.5. The van der Waals surface area contributed by atoms with Crippen molar-refractivity contribution in [1.29, 1.82) is 0 Å². The highest BCUT2D eigenvalue weighted by Crippen LogP contribution is 2.22. The molecule has 0 aliphatic carbocycles. The van der Waals surface area contributed by atoms with Gasteiger partial charge in [-0.15, -0.1) is 0 Å². The maximum absolute atomic E-state index is 12.2. The molecule has 0 bridgehead atoms. The summed E-state index contributed by atoms with van der Waals surface area (Å²) < 4.78 is 31.6. The van der Waals surface area contributed by atoms with Gasteiger partial charge in [0.05, 0.1) is 0 Å². The molecule has 1 aliphatic rings. The molecule has 0 saturated carbocycles. The number of carbonyl (C=O) groups excluding carboxylic acids is 1. The SMILES string of the molecule is CC(=O)N1CCC(NS(=O)(=O)c2c(N)noc2C)C1. The Hall–Kier alpha value is -1.61. The Morgan fingerprint density at radius 1 is 1.58 bits per heavy atom. The first-order valence-corrected chi connectivity index (χ1v) is 7.29. The van der Waals surface area contributed by atoms with Crippen molar-refractivity contribution in [2.45, 2.75) is 31.2 Å². The predicted octanol–water partition coefficient (Wildman–Crippen LogP) is -0.536. The summed E-state index contributed by atoms with van der Waals surface area (Å²) in [6.45, 7) is 3.84. The van der Waals surface area contributed by atoms with Gasteiger partial charge in [-0.3, -0.25) is 4.79 Å². The number of carbonyl (C=O) groups is 1. The lowest BCUT2D eigenvalue weighted by atomic mass is 10.3. The van der Waals surface area contributed by atoms with Gasteiger partial charge in [-0.2, -0.15) is 0 Å². The number of amides is 1. The van der Waals surface area contributed by atoms with Crippen LogP contribution in [0.15, 0.2) is 9.42 Å². The fourth-order valence-electron chi connectivity index (χ4n) is 2.13. The van der Waals surface area contributed by atoms with Crippen molar-refractivity contribution in [1.82, 2.24) is 14.8 Å². The lowest BCUT2D eigenvalue weighted by molar-refractivity contribution is -0.127. The van der Waals surface area contributed by atoms with Gasteiger partial charge in [0.2, 0.25) is 15.9 Å². The minimum atomic E-state index is -3.78. The van der Waals surface area contributed by atoms with Crippen LogP contribution in [0.1, 0.15) is 19.1 Å². The van der Waals surface area contributed by atoms with Gasteiger partial charge in [0.15, 0.2) is 16.5 Å². The van der Waals surface area contributed by atoms with E-state index in [1.165, 1.54) is 13.8 Å². The van der Waals surface area contributed by atoms with Crippen molar-refractivity contribution in [2.75, 3.05) is 18.8 Å². The van der Waals surface area contributed by atoms with E-state index in [9.17, 15) is 13.2 Å². The Bertz CT molecular complexity index is 575. The molecule has 2 heterocycles. The number of anilines is 1. The molecule has 2 rings (SSSR count). The number of nitrogen functional groups attached to an aromatic ring is 1. The molecular weight excluding hydrogens is 272 g/mol. The monoisotopic (exact) mass is 288 g/mol. The molecule has 1 fully saturated rings. The maximum Gasteiger partial charge on any atom is 0.248 e. The summed E-state index contributed by atoms with van der Waals surface area (Å²) in [5.74, 6) is -0.0831. The average molecular weight is 288 g/mol. The average Bonchev–Trinajstić information content (AvgIpc) is 2.85. The maximum atomic E-state index is 12.2. The van der Waals surface area contributed by atoms with Crippen molar-refractivity contribution < 1.29 is 17.7 Å². The summed E-state index contributed by atoms with van der Waals surface area (Å²) in [5.41, 5.74) is 5.49. The van der Waals surface area contributed by atoms with Crippen LogP contribution in [0.3, 0.4) is 0 Å². The minimum absolute atomic E-state index is 0.0672. The van der Waals surface area contributed by atoms with Crippen LogP contribution in [0.4, 0.5) is 5.82 Å². The van der Waals surface area contributed by atoms with E-state index in [1.54, 1.807) is 4.90 Å². The van der Waals surface area contributed by atoms with Crippen molar-refractivity contribution in [3.05, 3.63) is 5.76 Å². The molecule has 1 unspecified atom stereocenters. The summed E-state index contributed by atoms with van der Waals surface area (Å²) in [7, 11) is -3.78. The molecule has 19 heavy (non-hydrogen) atoms. The summed E-state index contributed by atoms with van der Waals surface area (Å²) in [4.78, 5) is 12.7. The molecular formula is C10H16N4O4S. The quantitative estimate of drug-likeness (QED) is 0.771. The van der Waals surface area contributed by atoms with E-state index in [1.807, 2.05) is 0 Å². The number of nitrogens with one attached hydrogen (secondary N) is 1. The lowest BCUT2D eigenvalue weighted by Gasteiger charge is -2.15. The predicted molar refractivity (Wildman–Crippen MR) is 66.6 cm³/mol. The molecule has 1 aromatic heterocycles. The first-order valence-electron chi connectivity index (χ1n) is 5.81. The molecule has 0 radical (unpaired) electrons. The smallest absolute Gasteiger partial charge is 0.248 e. The summed E-state index contributed by atoms with van der Waals surface area (Å²) in [6.07, 6.45) is 0.572. The van der Waals surface area contributed by atoms with E-state index < -0.39 is 10.0 Å². The Balaban J connectivity index is 2.13. The zero-order valence-electron chi connectivity index (χ0n) is 10.7. The minimum Gasteiger partial charge on any atom is -0.380 e. The lowest BCUT2D eigenvalue weighted by Crippen LogP contribution is -2.38. The second-order valence-electron chi connectivity index (χ2n) is 4.53. The van der Waals surface area contributed by atoms with Gasteiger partial charge in [-0.25, -0.2) is 13.1 Å². The van der Waals surface area contributed by atoms with Gasteiger partial charge in [0, 0.05) is 26.1 Å². The normalized spacial score (nSPS) is 19.9. The van der Waals surface area contributed by atoms with Crippen molar-refractivity contribution >= 4 is 21.7 Å². The number of aryl methyl sites for hydroxylation is 1. The standard InChI is InChI=1S/C10H16N4O4S/c1-6-9(10(11)12-18-6)19(16,17)13-8-3-4-14(5-8)7(2)15/h8,13H,3-5H2,1-2H3,(H2,11,12). The van der Waals surface area contributed by atoms with Crippen LogP contribution in [0.25, 0.3) is 0 Å². The first kappa shape index (κ1) is 13.8. The van der Waals surface area contributed by atoms with E-state index in [0.29, 0.717) is 19.5 Å². The Labute approximate surface area is 111 Å². The first-order chi connectivity index (χ1) is 8.81. The molecule has 1 saturated heterocycles. The third kappa shape index (κ3) is 2.71. The number of hydrogen-bond donors (Lipinski definition) is 2. The number of sulfonamides is 1. The number of aromatic nitrogens is 1. The molecule has 0 spiro atoms. The van der Waals surface area contributed by atoms with Gasteiger partial charge in [-0.05, 0) is 13.3 Å². The van der Waals surface area contributed by atoms with Crippen LogP contribution in [0.5, 0.6) is 0 Å². The van der Waals surface area contributed by atoms with Gasteiger partial charge >= 0.3 is 0 Å². The topological polar surface area (TPSA) is 119 Å². The van der Waals surface area contributed by atoms with Gasteiger partial charge in [0.1, 0.15) is 0 Å². The zero-order chi connectivity index (χ0) is 14.2. The molecule has 8 nitrogen and oxygen atoms in total. The molecule has 1 aliphatic heterocycles. The second kappa shape index (κ2) is 4.82. The fourth-order valence-corrected chi connectivity index (χ4v) is 3.61. The highest BCUT2D eigenvalue weighted by atomic mass is 32.2. The third-order valence-electron chi connectivity index (χ3n) is 3.06. The summed E-state index contributed by atoms with van der Waals surface area (Å²) in [6, 6.07) is -0.317. The van der Waals surface area contributed by atoms with E-state index in [2.05, 4.69) is 9.88 Å². The number of rotatable bonds is 3. The summed E-state index contributed by atoms with van der Waals surface area (Å²) >= 11 is 0. The largest absolute Gasteiger partial charge is 0.380 e. The number of nitrogens with two attached hydrogens (primary N) is 1. The number of nitrogens with zero attached hydrogens (tertiary/aromatic N) is 2. The number of likely N-dealkylation sites (tertiary alicyclic amines) is 1. The highest BCUT2D eigenvalue weighted by Gasteiger charge is 2.31. The van der Waals surface area contributed by atoms with Crippen LogP contribution in [-0.2, 0) is 14.8 Å². The van der Waals surface area contributed by atoms with Gasteiger partial charge < -0.3 is 15.2 Å². The summed E-state index contributed by atoms with van der Waals surface area (Å²) in [5, 5.41) is 3.42. The van der Waals surface area contributed by atoms with Gasteiger partial charge in [0.25, 0.3) is 0 Å². The van der Waals surface area contributed by atoms with Crippen LogP contribution in [0, 0.1) is 6.92 Å². The van der Waals surface area contributed by atoms with E-state index in [-0.39, 0.29) is 28.4 Å². The third-order valence-corrected chi connectivity index (χ3v) is 4.74. The Kier molecular flexibility index (Phi) is 3.50. The molecule has 1 amide bonds. The van der Waals surface area contributed by atoms with Crippen LogP contribution >= 0.6 is 0 Å². The van der Waals surface area contributed by atoms with Crippen LogP contribution in [0.2, 0.25) is 0 Å². The van der Waals surface area contributed by atoms with E-state index in [0.717, 1.165) is 0 Å². The molecule has 106 valence electrons. The van der Waals surface area contributed by atoms with Crippen molar-refractivity contribution in [2.24, 2.45) is 0 Å².